The van der Waals surface area contributed by atoms with Crippen LogP contribution in [0.5, 0.6) is 0 Å². The van der Waals surface area contributed by atoms with Gasteiger partial charge in [0.25, 0.3) is 0 Å². The summed E-state index contributed by atoms with van der Waals surface area (Å²) in [5.74, 6) is 0.0949. The highest BCUT2D eigenvalue weighted by Crippen LogP contribution is 2.02. The first-order valence-corrected chi connectivity index (χ1v) is 3.71. The number of rotatable bonds is 2. The molecule has 1 aromatic heterocycles. The second kappa shape index (κ2) is 3.25. The molecule has 0 amide bonds. The van der Waals surface area contributed by atoms with Gasteiger partial charge in [-0.2, -0.15) is 5.10 Å². The molecular formula is C7H12N4O. The number of nitrogens with two attached hydrogens (primary N) is 1. The van der Waals surface area contributed by atoms with E-state index in [4.69, 9.17) is 10.9 Å². The van der Waals surface area contributed by atoms with Gasteiger partial charge < -0.3 is 10.9 Å². The van der Waals surface area contributed by atoms with Crippen LogP contribution in [0.4, 0.5) is 0 Å². The first-order valence-electron chi connectivity index (χ1n) is 3.71. The van der Waals surface area contributed by atoms with Crippen molar-refractivity contribution in [3.8, 4) is 0 Å². The molecule has 0 aliphatic carbocycles. The molecule has 0 aromatic carbocycles. The lowest BCUT2D eigenvalue weighted by Crippen LogP contribution is -2.18. The fourth-order valence-electron chi connectivity index (χ4n) is 1.04. The van der Waals surface area contributed by atoms with Crippen molar-refractivity contribution in [2.45, 2.75) is 20.4 Å². The van der Waals surface area contributed by atoms with E-state index in [0.717, 1.165) is 5.69 Å². The van der Waals surface area contributed by atoms with E-state index in [1.54, 1.807) is 10.7 Å². The van der Waals surface area contributed by atoms with E-state index in [0.29, 0.717) is 12.2 Å². The van der Waals surface area contributed by atoms with E-state index in [9.17, 15) is 0 Å². The predicted octanol–water partition coefficient (Wildman–Crippen LogP) is 0.306. The molecule has 0 saturated carbocycles. The zero-order chi connectivity index (χ0) is 9.14. The molecule has 0 aliphatic heterocycles. The van der Waals surface area contributed by atoms with Crippen LogP contribution in [0.25, 0.3) is 0 Å². The van der Waals surface area contributed by atoms with E-state index in [-0.39, 0.29) is 5.84 Å². The Balaban J connectivity index is 3.13. The second-order valence-electron chi connectivity index (χ2n) is 2.47. The minimum absolute atomic E-state index is 0.0949. The summed E-state index contributed by atoms with van der Waals surface area (Å²) in [6.45, 7) is 4.51. The number of aryl methyl sites for hydroxylation is 2. The fourth-order valence-corrected chi connectivity index (χ4v) is 1.04. The summed E-state index contributed by atoms with van der Waals surface area (Å²) < 4.78 is 1.68. The maximum atomic E-state index is 8.44. The van der Waals surface area contributed by atoms with E-state index < -0.39 is 0 Å². The lowest BCUT2D eigenvalue weighted by molar-refractivity contribution is 0.318. The maximum absolute atomic E-state index is 8.44. The van der Waals surface area contributed by atoms with Gasteiger partial charge in [0.15, 0.2) is 5.84 Å². The Morgan fingerprint density at radius 2 is 2.50 bits per heavy atom. The van der Waals surface area contributed by atoms with Gasteiger partial charge in [-0.3, -0.25) is 4.68 Å². The van der Waals surface area contributed by atoms with Crippen LogP contribution in [0.15, 0.2) is 11.2 Å². The minimum Gasteiger partial charge on any atom is -0.409 e. The van der Waals surface area contributed by atoms with Crippen LogP contribution in [0.3, 0.4) is 0 Å². The number of aromatic nitrogens is 2. The van der Waals surface area contributed by atoms with Crippen molar-refractivity contribution in [1.29, 1.82) is 0 Å². The summed E-state index contributed by atoms with van der Waals surface area (Å²) in [4.78, 5) is 0. The summed E-state index contributed by atoms with van der Waals surface area (Å²) in [7, 11) is 0. The largest absolute Gasteiger partial charge is 0.409 e. The lowest BCUT2D eigenvalue weighted by Gasteiger charge is -2.00. The Hall–Kier alpha value is -1.52. The first kappa shape index (κ1) is 8.58. The fraction of sp³-hybridized carbons (Fsp3) is 0.429. The van der Waals surface area contributed by atoms with Crippen LogP contribution in [-0.2, 0) is 6.54 Å². The SMILES string of the molecule is CCn1nc(C)cc1/C(N)=N/O. The van der Waals surface area contributed by atoms with Crippen molar-refractivity contribution in [3.63, 3.8) is 0 Å². The molecule has 3 N–H and O–H groups in total. The van der Waals surface area contributed by atoms with E-state index in [1.807, 2.05) is 13.8 Å². The molecule has 0 saturated heterocycles. The van der Waals surface area contributed by atoms with Gasteiger partial charge in [0.2, 0.25) is 0 Å². The minimum atomic E-state index is 0.0949. The van der Waals surface area contributed by atoms with Crippen molar-refractivity contribution >= 4 is 5.84 Å². The van der Waals surface area contributed by atoms with Crippen molar-refractivity contribution < 1.29 is 5.21 Å². The Labute approximate surface area is 70.5 Å². The summed E-state index contributed by atoms with van der Waals surface area (Å²) in [5, 5.41) is 15.5. The van der Waals surface area contributed by atoms with E-state index in [2.05, 4.69) is 10.3 Å². The molecule has 0 spiro atoms. The van der Waals surface area contributed by atoms with Gasteiger partial charge in [0, 0.05) is 6.54 Å². The molecule has 0 aliphatic rings. The summed E-state index contributed by atoms with van der Waals surface area (Å²) in [5.41, 5.74) is 6.93. The second-order valence-corrected chi connectivity index (χ2v) is 2.47. The molecule has 12 heavy (non-hydrogen) atoms. The van der Waals surface area contributed by atoms with Gasteiger partial charge in [-0.05, 0) is 19.9 Å². The number of hydrogen-bond donors (Lipinski definition) is 2. The average Bonchev–Trinajstić information content (AvgIpc) is 2.45. The molecule has 5 nitrogen and oxygen atoms in total. The zero-order valence-corrected chi connectivity index (χ0v) is 7.15. The Morgan fingerprint density at radius 1 is 1.83 bits per heavy atom. The summed E-state index contributed by atoms with van der Waals surface area (Å²) in [6, 6.07) is 1.78. The van der Waals surface area contributed by atoms with Gasteiger partial charge in [0.05, 0.1) is 5.69 Å². The Bertz CT molecular complexity index is 302. The highest BCUT2D eigenvalue weighted by atomic mass is 16.4. The van der Waals surface area contributed by atoms with Gasteiger partial charge in [-0.25, -0.2) is 0 Å². The van der Waals surface area contributed by atoms with Gasteiger partial charge in [0.1, 0.15) is 5.69 Å². The summed E-state index contributed by atoms with van der Waals surface area (Å²) in [6.07, 6.45) is 0. The standard InChI is InChI=1S/C7H12N4O/c1-3-11-6(7(8)10-12)4-5(2)9-11/h4,12H,3H2,1-2H3,(H2,8,10). The topological polar surface area (TPSA) is 76.4 Å². The highest BCUT2D eigenvalue weighted by Gasteiger charge is 2.07. The molecule has 1 heterocycles. The van der Waals surface area contributed by atoms with Gasteiger partial charge >= 0.3 is 0 Å². The molecule has 0 unspecified atom stereocenters. The molecule has 0 radical (unpaired) electrons. The Morgan fingerprint density at radius 3 is 3.00 bits per heavy atom. The number of oxime groups is 1. The molecule has 0 atom stereocenters. The van der Waals surface area contributed by atoms with E-state index >= 15 is 0 Å². The number of nitrogens with zero attached hydrogens (tertiary/aromatic N) is 3. The zero-order valence-electron chi connectivity index (χ0n) is 7.15. The Kier molecular flexibility index (Phi) is 2.32. The van der Waals surface area contributed by atoms with Crippen molar-refractivity contribution in [2.24, 2.45) is 10.9 Å². The van der Waals surface area contributed by atoms with Crippen molar-refractivity contribution in [3.05, 3.63) is 17.5 Å². The van der Waals surface area contributed by atoms with Crippen LogP contribution in [0, 0.1) is 6.92 Å². The molecule has 1 aromatic rings. The van der Waals surface area contributed by atoms with Gasteiger partial charge in [-0.15, -0.1) is 0 Å². The third kappa shape index (κ3) is 1.39. The number of hydrogen-bond acceptors (Lipinski definition) is 3. The maximum Gasteiger partial charge on any atom is 0.188 e. The molecule has 0 fully saturated rings. The monoisotopic (exact) mass is 168 g/mol. The molecule has 0 bridgehead atoms. The molecule has 1 rings (SSSR count). The normalized spacial score (nSPS) is 12.0. The molecular weight excluding hydrogens is 156 g/mol. The average molecular weight is 168 g/mol. The van der Waals surface area contributed by atoms with Crippen molar-refractivity contribution in [2.75, 3.05) is 0 Å². The van der Waals surface area contributed by atoms with Crippen LogP contribution >= 0.6 is 0 Å². The number of amidine groups is 1. The van der Waals surface area contributed by atoms with E-state index in [1.165, 1.54) is 0 Å². The van der Waals surface area contributed by atoms with Crippen molar-refractivity contribution in [1.82, 2.24) is 9.78 Å². The predicted molar refractivity (Wildman–Crippen MR) is 45.1 cm³/mol. The lowest BCUT2D eigenvalue weighted by atomic mass is 10.3. The summed E-state index contributed by atoms with van der Waals surface area (Å²) >= 11 is 0. The van der Waals surface area contributed by atoms with Crippen LogP contribution < -0.4 is 5.73 Å². The van der Waals surface area contributed by atoms with Crippen LogP contribution in [0.1, 0.15) is 18.3 Å². The smallest absolute Gasteiger partial charge is 0.188 e. The quantitative estimate of drug-likeness (QED) is 0.289. The highest BCUT2D eigenvalue weighted by molar-refractivity contribution is 5.95. The van der Waals surface area contributed by atoms with Gasteiger partial charge in [-0.1, -0.05) is 5.16 Å². The molecule has 66 valence electrons. The third-order valence-electron chi connectivity index (χ3n) is 1.57. The molecule has 5 heteroatoms. The third-order valence-corrected chi connectivity index (χ3v) is 1.57. The van der Waals surface area contributed by atoms with Crippen LogP contribution in [-0.4, -0.2) is 20.8 Å². The van der Waals surface area contributed by atoms with Crippen LogP contribution in [0.2, 0.25) is 0 Å². The first-order chi connectivity index (χ1) is 5.69.